The number of nitrogen functional groups attached to an aromatic ring is 1. The van der Waals surface area contributed by atoms with Crippen LogP contribution in [0.5, 0.6) is 0 Å². The van der Waals surface area contributed by atoms with Gasteiger partial charge < -0.3 is 11.5 Å². The van der Waals surface area contributed by atoms with Crippen LogP contribution in [0.25, 0.3) is 0 Å². The second kappa shape index (κ2) is 5.95. The first-order valence-corrected chi connectivity index (χ1v) is 5.70. The second-order valence-corrected chi connectivity index (χ2v) is 4.38. The van der Waals surface area contributed by atoms with Gasteiger partial charge in [-0.25, -0.2) is 4.98 Å². The lowest BCUT2D eigenvalue weighted by Gasteiger charge is -2.19. The number of nitrogens with two attached hydrogens (primary N) is 2. The van der Waals surface area contributed by atoms with E-state index in [1.807, 2.05) is 6.20 Å². The van der Waals surface area contributed by atoms with Gasteiger partial charge in [0.05, 0.1) is 0 Å². The third-order valence-corrected chi connectivity index (χ3v) is 2.75. The monoisotopic (exact) mass is 214 g/mol. The first kappa shape index (κ1) is 11.4. The lowest BCUT2D eigenvalue weighted by atomic mass is 10.3. The number of thiazole rings is 1. The van der Waals surface area contributed by atoms with E-state index in [0.717, 1.165) is 26.1 Å². The first-order chi connectivity index (χ1) is 6.76. The first-order valence-electron chi connectivity index (χ1n) is 4.88. The van der Waals surface area contributed by atoms with Gasteiger partial charge in [-0.05, 0) is 13.0 Å². The van der Waals surface area contributed by atoms with Crippen molar-refractivity contribution < 1.29 is 0 Å². The Bertz CT molecular complexity index is 255. The average molecular weight is 214 g/mol. The van der Waals surface area contributed by atoms with Crippen LogP contribution in [0.15, 0.2) is 6.20 Å². The van der Waals surface area contributed by atoms with Crippen LogP contribution in [-0.2, 0) is 6.54 Å². The minimum atomic E-state index is 0.643. The highest BCUT2D eigenvalue weighted by atomic mass is 32.1. The van der Waals surface area contributed by atoms with E-state index in [9.17, 15) is 0 Å². The lowest BCUT2D eigenvalue weighted by Crippen LogP contribution is -2.29. The largest absolute Gasteiger partial charge is 0.375 e. The van der Waals surface area contributed by atoms with Crippen LogP contribution in [0.3, 0.4) is 0 Å². The zero-order valence-electron chi connectivity index (χ0n) is 8.57. The minimum absolute atomic E-state index is 0.643. The van der Waals surface area contributed by atoms with Crippen LogP contribution in [0, 0.1) is 0 Å². The Morgan fingerprint density at radius 1 is 1.50 bits per heavy atom. The molecule has 5 heteroatoms. The van der Waals surface area contributed by atoms with Crippen LogP contribution in [-0.4, -0.2) is 29.5 Å². The lowest BCUT2D eigenvalue weighted by molar-refractivity contribution is 0.276. The van der Waals surface area contributed by atoms with E-state index in [-0.39, 0.29) is 0 Å². The maximum atomic E-state index is 5.57. The molecule has 0 saturated heterocycles. The molecule has 0 aliphatic rings. The summed E-state index contributed by atoms with van der Waals surface area (Å²) in [5.41, 5.74) is 11.1. The number of hydrogen-bond donors (Lipinski definition) is 2. The van der Waals surface area contributed by atoms with E-state index in [4.69, 9.17) is 11.5 Å². The van der Waals surface area contributed by atoms with Gasteiger partial charge in [0.15, 0.2) is 5.13 Å². The van der Waals surface area contributed by atoms with Crippen molar-refractivity contribution in [3.63, 3.8) is 0 Å². The van der Waals surface area contributed by atoms with Gasteiger partial charge in [0.2, 0.25) is 0 Å². The van der Waals surface area contributed by atoms with E-state index in [1.54, 1.807) is 11.3 Å². The molecule has 0 amide bonds. The molecule has 4 N–H and O–H groups in total. The Hall–Kier alpha value is -0.650. The summed E-state index contributed by atoms with van der Waals surface area (Å²) in [6.07, 6.45) is 2.99. The summed E-state index contributed by atoms with van der Waals surface area (Å²) in [7, 11) is 0. The molecule has 0 atom stereocenters. The highest BCUT2D eigenvalue weighted by Crippen LogP contribution is 2.16. The van der Waals surface area contributed by atoms with Gasteiger partial charge in [-0.1, -0.05) is 6.92 Å². The molecule has 1 aromatic heterocycles. The Kier molecular flexibility index (Phi) is 4.86. The van der Waals surface area contributed by atoms with E-state index < -0.39 is 0 Å². The van der Waals surface area contributed by atoms with E-state index >= 15 is 0 Å². The molecule has 0 bridgehead atoms. The molecule has 4 nitrogen and oxygen atoms in total. The second-order valence-electron chi connectivity index (χ2n) is 3.23. The van der Waals surface area contributed by atoms with Crippen molar-refractivity contribution in [3.8, 4) is 0 Å². The normalized spacial score (nSPS) is 11.1. The summed E-state index contributed by atoms with van der Waals surface area (Å²) in [6, 6.07) is 0. The SMILES string of the molecule is CCCN(CCN)Cc1cnc(N)s1. The summed E-state index contributed by atoms with van der Waals surface area (Å²) < 4.78 is 0. The van der Waals surface area contributed by atoms with E-state index in [1.165, 1.54) is 4.88 Å². The van der Waals surface area contributed by atoms with Gasteiger partial charge in [0.1, 0.15) is 0 Å². The maximum absolute atomic E-state index is 5.57. The molecular formula is C9H18N4S. The zero-order chi connectivity index (χ0) is 10.4. The van der Waals surface area contributed by atoms with Crippen molar-refractivity contribution in [1.29, 1.82) is 0 Å². The van der Waals surface area contributed by atoms with Crippen molar-refractivity contribution in [2.45, 2.75) is 19.9 Å². The highest BCUT2D eigenvalue weighted by molar-refractivity contribution is 7.15. The topological polar surface area (TPSA) is 68.2 Å². The maximum Gasteiger partial charge on any atom is 0.180 e. The molecule has 1 rings (SSSR count). The smallest absolute Gasteiger partial charge is 0.180 e. The van der Waals surface area contributed by atoms with Gasteiger partial charge in [0, 0.05) is 30.7 Å². The molecule has 0 radical (unpaired) electrons. The summed E-state index contributed by atoms with van der Waals surface area (Å²) in [6.45, 7) is 5.80. The number of nitrogens with zero attached hydrogens (tertiary/aromatic N) is 2. The predicted molar refractivity (Wildman–Crippen MR) is 61.1 cm³/mol. The van der Waals surface area contributed by atoms with Crippen molar-refractivity contribution in [2.24, 2.45) is 5.73 Å². The molecule has 0 aromatic carbocycles. The molecule has 0 saturated carbocycles. The molecule has 80 valence electrons. The predicted octanol–water partition coefficient (Wildman–Crippen LogP) is 0.896. The van der Waals surface area contributed by atoms with Gasteiger partial charge in [-0.2, -0.15) is 0 Å². The van der Waals surface area contributed by atoms with Crippen molar-refractivity contribution >= 4 is 16.5 Å². The molecule has 0 fully saturated rings. The zero-order valence-corrected chi connectivity index (χ0v) is 9.39. The van der Waals surface area contributed by atoms with Crippen molar-refractivity contribution in [2.75, 3.05) is 25.4 Å². The Labute approximate surface area is 88.9 Å². The fourth-order valence-electron chi connectivity index (χ4n) is 1.38. The summed E-state index contributed by atoms with van der Waals surface area (Å²) >= 11 is 1.55. The molecule has 0 aliphatic carbocycles. The minimum Gasteiger partial charge on any atom is -0.375 e. The van der Waals surface area contributed by atoms with E-state index in [0.29, 0.717) is 11.7 Å². The third-order valence-electron chi connectivity index (χ3n) is 1.94. The summed E-state index contributed by atoms with van der Waals surface area (Å²) in [5, 5.41) is 0.643. The Balaban J connectivity index is 2.46. The molecule has 1 aromatic rings. The van der Waals surface area contributed by atoms with Crippen LogP contribution >= 0.6 is 11.3 Å². The third kappa shape index (κ3) is 3.61. The molecule has 0 aliphatic heterocycles. The van der Waals surface area contributed by atoms with E-state index in [2.05, 4.69) is 16.8 Å². The molecule has 0 spiro atoms. The highest BCUT2D eigenvalue weighted by Gasteiger charge is 2.06. The van der Waals surface area contributed by atoms with Crippen LogP contribution in [0.4, 0.5) is 5.13 Å². The van der Waals surface area contributed by atoms with Crippen LogP contribution in [0.1, 0.15) is 18.2 Å². The Morgan fingerprint density at radius 3 is 2.79 bits per heavy atom. The van der Waals surface area contributed by atoms with Gasteiger partial charge in [-0.15, -0.1) is 11.3 Å². The molecule has 14 heavy (non-hydrogen) atoms. The van der Waals surface area contributed by atoms with Crippen molar-refractivity contribution in [1.82, 2.24) is 9.88 Å². The fourth-order valence-corrected chi connectivity index (χ4v) is 2.11. The number of anilines is 1. The molecule has 0 unspecified atom stereocenters. The van der Waals surface area contributed by atoms with Crippen LogP contribution < -0.4 is 11.5 Å². The standard InChI is InChI=1S/C9H18N4S/c1-2-4-13(5-3-10)7-8-6-12-9(11)14-8/h6H,2-5,7,10H2,1H3,(H2,11,12). The van der Waals surface area contributed by atoms with Gasteiger partial charge >= 0.3 is 0 Å². The molecule has 1 heterocycles. The number of rotatable bonds is 6. The van der Waals surface area contributed by atoms with Crippen molar-refractivity contribution in [3.05, 3.63) is 11.1 Å². The van der Waals surface area contributed by atoms with Gasteiger partial charge in [0.25, 0.3) is 0 Å². The van der Waals surface area contributed by atoms with Crippen LogP contribution in [0.2, 0.25) is 0 Å². The average Bonchev–Trinajstić information content (AvgIpc) is 2.52. The number of hydrogen-bond acceptors (Lipinski definition) is 5. The quantitative estimate of drug-likeness (QED) is 0.738. The van der Waals surface area contributed by atoms with Gasteiger partial charge in [-0.3, -0.25) is 4.90 Å². The fraction of sp³-hybridized carbons (Fsp3) is 0.667. The summed E-state index contributed by atoms with van der Waals surface area (Å²) in [4.78, 5) is 7.57. The number of aromatic nitrogens is 1. The summed E-state index contributed by atoms with van der Waals surface area (Å²) in [5.74, 6) is 0. The molecular weight excluding hydrogens is 196 g/mol. The Morgan fingerprint density at radius 2 is 2.29 bits per heavy atom.